The number of rotatable bonds is 4. The molecule has 18 heavy (non-hydrogen) atoms. The van der Waals surface area contributed by atoms with Crippen LogP contribution in [-0.4, -0.2) is 25.2 Å². The molecule has 0 saturated carbocycles. The molecule has 0 aromatic rings. The fraction of sp³-hybridized carbons (Fsp3) is 0.571. The standard InChI is InChI=1S/C14H18O4/c1-5-17-11(15)9-10(12(16)18-6-2)14(4)8-7-13(9,14)3/h7-8H,5-6H2,1-4H3. The van der Waals surface area contributed by atoms with E-state index in [4.69, 9.17) is 9.47 Å². The topological polar surface area (TPSA) is 52.6 Å². The number of hydrogen-bond donors (Lipinski definition) is 0. The molecule has 98 valence electrons. The Labute approximate surface area is 107 Å². The maximum Gasteiger partial charge on any atom is 0.335 e. The Morgan fingerprint density at radius 2 is 1.28 bits per heavy atom. The molecular weight excluding hydrogens is 232 g/mol. The smallest absolute Gasteiger partial charge is 0.335 e. The van der Waals surface area contributed by atoms with Crippen molar-refractivity contribution >= 4 is 11.9 Å². The molecular formula is C14H18O4. The van der Waals surface area contributed by atoms with Crippen molar-refractivity contribution in [1.29, 1.82) is 0 Å². The van der Waals surface area contributed by atoms with E-state index in [0.29, 0.717) is 24.4 Å². The molecule has 0 radical (unpaired) electrons. The predicted octanol–water partition coefficient (Wildman–Crippen LogP) is 2.01. The Balaban J connectivity index is 2.39. The van der Waals surface area contributed by atoms with Crippen LogP contribution in [0, 0.1) is 10.8 Å². The molecule has 2 unspecified atom stereocenters. The number of fused-ring (bicyclic) bond motifs is 1. The van der Waals surface area contributed by atoms with Crippen molar-refractivity contribution < 1.29 is 19.1 Å². The Hall–Kier alpha value is -1.58. The summed E-state index contributed by atoms with van der Waals surface area (Å²) in [6, 6.07) is 0. The van der Waals surface area contributed by atoms with Crippen LogP contribution in [0.25, 0.3) is 0 Å². The van der Waals surface area contributed by atoms with Crippen LogP contribution >= 0.6 is 0 Å². The summed E-state index contributed by atoms with van der Waals surface area (Å²) in [5, 5.41) is 0. The first kappa shape index (κ1) is 12.9. The minimum absolute atomic E-state index is 0.301. The second-order valence-corrected chi connectivity index (χ2v) is 4.93. The third kappa shape index (κ3) is 1.32. The van der Waals surface area contributed by atoms with E-state index in [9.17, 15) is 9.59 Å². The summed E-state index contributed by atoms with van der Waals surface area (Å²) in [5.41, 5.74) is 0.128. The van der Waals surface area contributed by atoms with Gasteiger partial charge in [0, 0.05) is 10.8 Å². The minimum Gasteiger partial charge on any atom is -0.463 e. The molecule has 2 aliphatic rings. The Bertz CT molecular complexity index is 432. The summed E-state index contributed by atoms with van der Waals surface area (Å²) in [6.45, 7) is 7.99. The Morgan fingerprint density at radius 3 is 1.50 bits per heavy atom. The van der Waals surface area contributed by atoms with E-state index in [1.807, 2.05) is 26.0 Å². The maximum atomic E-state index is 12.0. The maximum absolute atomic E-state index is 12.0. The van der Waals surface area contributed by atoms with Gasteiger partial charge in [0.2, 0.25) is 0 Å². The third-order valence-corrected chi connectivity index (χ3v) is 4.08. The van der Waals surface area contributed by atoms with E-state index in [2.05, 4.69) is 0 Å². The first-order chi connectivity index (χ1) is 8.42. The number of ether oxygens (including phenoxy) is 2. The number of esters is 2. The van der Waals surface area contributed by atoms with Gasteiger partial charge < -0.3 is 9.47 Å². The van der Waals surface area contributed by atoms with Crippen LogP contribution in [0.15, 0.2) is 23.3 Å². The van der Waals surface area contributed by atoms with Crippen molar-refractivity contribution in [3.63, 3.8) is 0 Å². The molecule has 2 rings (SSSR count). The van der Waals surface area contributed by atoms with Crippen LogP contribution < -0.4 is 0 Å². The van der Waals surface area contributed by atoms with Gasteiger partial charge in [-0.25, -0.2) is 9.59 Å². The molecule has 4 nitrogen and oxygen atoms in total. The lowest BCUT2D eigenvalue weighted by molar-refractivity contribution is -0.147. The molecule has 0 amide bonds. The van der Waals surface area contributed by atoms with Crippen LogP contribution in [0.3, 0.4) is 0 Å². The zero-order chi connectivity index (χ0) is 13.6. The fourth-order valence-electron chi connectivity index (χ4n) is 2.76. The van der Waals surface area contributed by atoms with Crippen molar-refractivity contribution in [2.24, 2.45) is 10.8 Å². The fourth-order valence-corrected chi connectivity index (χ4v) is 2.76. The Morgan fingerprint density at radius 1 is 0.944 bits per heavy atom. The van der Waals surface area contributed by atoms with Crippen molar-refractivity contribution in [1.82, 2.24) is 0 Å². The summed E-state index contributed by atoms with van der Waals surface area (Å²) < 4.78 is 10.1. The lowest BCUT2D eigenvalue weighted by Gasteiger charge is -2.59. The quantitative estimate of drug-likeness (QED) is 0.565. The SMILES string of the molecule is CCOC(=O)C1=C(C(=O)OCC)C2(C)C=CC12C. The zero-order valence-electron chi connectivity index (χ0n) is 11.2. The molecule has 0 fully saturated rings. The molecule has 2 aliphatic carbocycles. The summed E-state index contributed by atoms with van der Waals surface area (Å²) in [4.78, 5) is 23.9. The highest BCUT2D eigenvalue weighted by molar-refractivity contribution is 6.08. The molecule has 0 N–H and O–H groups in total. The summed E-state index contributed by atoms with van der Waals surface area (Å²) in [5.74, 6) is -0.824. The molecule has 0 heterocycles. The molecule has 4 heteroatoms. The molecule has 0 aromatic carbocycles. The van der Waals surface area contributed by atoms with Gasteiger partial charge in [-0.3, -0.25) is 0 Å². The average Bonchev–Trinajstić information content (AvgIpc) is 2.33. The number of carbonyl (C=O) groups is 2. The zero-order valence-corrected chi connectivity index (χ0v) is 11.2. The van der Waals surface area contributed by atoms with Crippen LogP contribution in [0.5, 0.6) is 0 Å². The molecule has 0 aliphatic heterocycles. The van der Waals surface area contributed by atoms with E-state index in [1.165, 1.54) is 0 Å². The summed E-state index contributed by atoms with van der Waals surface area (Å²) in [7, 11) is 0. The van der Waals surface area contributed by atoms with Gasteiger partial charge in [0.05, 0.1) is 24.4 Å². The minimum atomic E-state index is -0.412. The lowest BCUT2D eigenvalue weighted by atomic mass is 9.42. The monoisotopic (exact) mass is 250 g/mol. The first-order valence-electron chi connectivity index (χ1n) is 6.22. The highest BCUT2D eigenvalue weighted by Crippen LogP contribution is 2.68. The van der Waals surface area contributed by atoms with Crippen LogP contribution in [-0.2, 0) is 19.1 Å². The van der Waals surface area contributed by atoms with Gasteiger partial charge in [-0.2, -0.15) is 0 Å². The second-order valence-electron chi connectivity index (χ2n) is 4.93. The van der Waals surface area contributed by atoms with Crippen molar-refractivity contribution in [2.75, 3.05) is 13.2 Å². The molecule has 0 spiro atoms. The molecule has 0 aromatic heterocycles. The van der Waals surface area contributed by atoms with Crippen LogP contribution in [0.4, 0.5) is 0 Å². The normalized spacial score (nSPS) is 32.2. The van der Waals surface area contributed by atoms with Gasteiger partial charge in [0.15, 0.2) is 0 Å². The van der Waals surface area contributed by atoms with E-state index < -0.39 is 11.9 Å². The summed E-state index contributed by atoms with van der Waals surface area (Å²) in [6.07, 6.45) is 3.89. The first-order valence-corrected chi connectivity index (χ1v) is 6.22. The van der Waals surface area contributed by atoms with Crippen LogP contribution in [0.2, 0.25) is 0 Å². The molecule has 0 bridgehead atoms. The highest BCUT2D eigenvalue weighted by atomic mass is 16.5. The van der Waals surface area contributed by atoms with E-state index >= 15 is 0 Å². The van der Waals surface area contributed by atoms with Crippen molar-refractivity contribution in [2.45, 2.75) is 27.7 Å². The highest BCUT2D eigenvalue weighted by Gasteiger charge is 2.66. The van der Waals surface area contributed by atoms with Gasteiger partial charge in [-0.05, 0) is 13.8 Å². The van der Waals surface area contributed by atoms with Gasteiger partial charge in [-0.1, -0.05) is 26.0 Å². The van der Waals surface area contributed by atoms with Gasteiger partial charge in [-0.15, -0.1) is 0 Å². The van der Waals surface area contributed by atoms with Crippen LogP contribution in [0.1, 0.15) is 27.7 Å². The van der Waals surface area contributed by atoms with Gasteiger partial charge >= 0.3 is 11.9 Å². The molecule has 2 atom stereocenters. The van der Waals surface area contributed by atoms with Crippen molar-refractivity contribution in [3.8, 4) is 0 Å². The van der Waals surface area contributed by atoms with Crippen molar-refractivity contribution in [3.05, 3.63) is 23.3 Å². The van der Waals surface area contributed by atoms with Gasteiger partial charge in [0.1, 0.15) is 0 Å². The third-order valence-electron chi connectivity index (χ3n) is 4.08. The van der Waals surface area contributed by atoms with E-state index in [0.717, 1.165) is 0 Å². The van der Waals surface area contributed by atoms with Gasteiger partial charge in [0.25, 0.3) is 0 Å². The number of carbonyl (C=O) groups excluding carboxylic acids is 2. The Kier molecular flexibility index (Phi) is 2.84. The van der Waals surface area contributed by atoms with E-state index in [-0.39, 0.29) is 10.8 Å². The molecule has 0 saturated heterocycles. The largest absolute Gasteiger partial charge is 0.463 e. The number of hydrogen-bond acceptors (Lipinski definition) is 4. The summed E-state index contributed by atoms with van der Waals surface area (Å²) >= 11 is 0. The van der Waals surface area contributed by atoms with E-state index in [1.54, 1.807) is 13.8 Å². The lowest BCUT2D eigenvalue weighted by Crippen LogP contribution is -2.58. The second kappa shape index (κ2) is 3.97. The number of allylic oxidation sites excluding steroid dienone is 2. The average molecular weight is 250 g/mol. The predicted molar refractivity (Wildman–Crippen MR) is 65.6 cm³/mol.